The van der Waals surface area contributed by atoms with Crippen molar-refractivity contribution in [3.63, 3.8) is 0 Å². The van der Waals surface area contributed by atoms with Crippen LogP contribution in [0.2, 0.25) is 0 Å². The minimum absolute atomic E-state index is 0.266. The number of rotatable bonds is 14. The molecule has 0 saturated heterocycles. The van der Waals surface area contributed by atoms with E-state index in [0.29, 0.717) is 11.8 Å². The lowest BCUT2D eigenvalue weighted by Crippen LogP contribution is -2.12. The SMILES string of the molecule is Cc1cc(C2CCC(c3ccc(OCCCCCO)cc3)CC2)ccc1OCCCCCO. The topological polar surface area (TPSA) is 58.9 Å². The summed E-state index contributed by atoms with van der Waals surface area (Å²) in [7, 11) is 0. The monoisotopic (exact) mass is 454 g/mol. The van der Waals surface area contributed by atoms with Crippen molar-refractivity contribution in [3.8, 4) is 11.5 Å². The van der Waals surface area contributed by atoms with Crippen LogP contribution < -0.4 is 9.47 Å². The highest BCUT2D eigenvalue weighted by molar-refractivity contribution is 5.38. The second-order valence-corrected chi connectivity index (χ2v) is 9.41. The van der Waals surface area contributed by atoms with E-state index in [1.807, 2.05) is 0 Å². The number of unbranched alkanes of at least 4 members (excludes halogenated alkanes) is 4. The Labute approximate surface area is 200 Å². The molecule has 2 N–H and O–H groups in total. The number of ether oxygens (including phenoxy) is 2. The standard InChI is InChI=1S/C29H42O4/c1-23-22-27(14-17-29(23)33-21-7-3-5-19-31)26-10-8-24(9-11-26)25-12-15-28(16-13-25)32-20-6-2-4-18-30/h12-17,22,24,26,30-31H,2-11,18-21H2,1H3. The van der Waals surface area contributed by atoms with Crippen LogP contribution in [0.3, 0.4) is 0 Å². The summed E-state index contributed by atoms with van der Waals surface area (Å²) >= 11 is 0. The van der Waals surface area contributed by atoms with E-state index >= 15 is 0 Å². The van der Waals surface area contributed by atoms with Crippen molar-refractivity contribution in [1.82, 2.24) is 0 Å². The zero-order valence-electron chi connectivity index (χ0n) is 20.3. The average Bonchev–Trinajstić information content (AvgIpc) is 2.85. The van der Waals surface area contributed by atoms with E-state index in [1.54, 1.807) is 0 Å². The van der Waals surface area contributed by atoms with Gasteiger partial charge in [-0.3, -0.25) is 0 Å². The first-order chi connectivity index (χ1) is 16.2. The third kappa shape index (κ3) is 8.35. The van der Waals surface area contributed by atoms with Crippen LogP contribution in [0.15, 0.2) is 42.5 Å². The van der Waals surface area contributed by atoms with Crippen LogP contribution in [0.25, 0.3) is 0 Å². The van der Waals surface area contributed by atoms with Crippen molar-refractivity contribution in [3.05, 3.63) is 59.2 Å². The maximum absolute atomic E-state index is 8.87. The van der Waals surface area contributed by atoms with Gasteiger partial charge in [0.2, 0.25) is 0 Å². The lowest BCUT2D eigenvalue weighted by atomic mass is 9.76. The largest absolute Gasteiger partial charge is 0.494 e. The van der Waals surface area contributed by atoms with Gasteiger partial charge in [-0.2, -0.15) is 0 Å². The third-order valence-corrected chi connectivity index (χ3v) is 6.88. The normalized spacial score (nSPS) is 18.3. The van der Waals surface area contributed by atoms with Crippen molar-refractivity contribution in [2.24, 2.45) is 0 Å². The summed E-state index contributed by atoms with van der Waals surface area (Å²) in [5, 5.41) is 17.7. The van der Waals surface area contributed by atoms with Crippen molar-refractivity contribution >= 4 is 0 Å². The quantitative estimate of drug-likeness (QED) is 0.319. The van der Waals surface area contributed by atoms with Crippen LogP contribution in [-0.2, 0) is 0 Å². The average molecular weight is 455 g/mol. The Morgan fingerprint density at radius 2 is 1.21 bits per heavy atom. The molecule has 4 nitrogen and oxygen atoms in total. The zero-order valence-corrected chi connectivity index (χ0v) is 20.3. The molecule has 0 spiro atoms. The Morgan fingerprint density at radius 1 is 0.667 bits per heavy atom. The molecule has 0 unspecified atom stereocenters. The highest BCUT2D eigenvalue weighted by Crippen LogP contribution is 2.41. The molecule has 2 aromatic carbocycles. The minimum Gasteiger partial charge on any atom is -0.494 e. The van der Waals surface area contributed by atoms with Gasteiger partial charge in [-0.1, -0.05) is 24.3 Å². The fraction of sp³-hybridized carbons (Fsp3) is 0.586. The summed E-state index contributed by atoms with van der Waals surface area (Å²) < 4.78 is 11.8. The first kappa shape index (κ1) is 25.6. The Kier molecular flexibility index (Phi) is 11.1. The van der Waals surface area contributed by atoms with Gasteiger partial charge >= 0.3 is 0 Å². The van der Waals surface area contributed by atoms with Gasteiger partial charge in [0, 0.05) is 13.2 Å². The third-order valence-electron chi connectivity index (χ3n) is 6.88. The van der Waals surface area contributed by atoms with Crippen molar-refractivity contribution in [2.45, 2.75) is 83.0 Å². The van der Waals surface area contributed by atoms with Gasteiger partial charge in [-0.15, -0.1) is 0 Å². The number of benzene rings is 2. The van der Waals surface area contributed by atoms with E-state index in [1.165, 1.54) is 42.4 Å². The van der Waals surface area contributed by atoms with E-state index < -0.39 is 0 Å². The molecule has 1 aliphatic rings. The first-order valence-electron chi connectivity index (χ1n) is 12.9. The first-order valence-corrected chi connectivity index (χ1v) is 12.9. The van der Waals surface area contributed by atoms with Gasteiger partial charge in [-0.25, -0.2) is 0 Å². The molecule has 1 fully saturated rings. The van der Waals surface area contributed by atoms with Crippen LogP contribution in [-0.4, -0.2) is 36.6 Å². The molecule has 2 aromatic rings. The van der Waals surface area contributed by atoms with Gasteiger partial charge in [0.25, 0.3) is 0 Å². The Morgan fingerprint density at radius 3 is 1.79 bits per heavy atom. The van der Waals surface area contributed by atoms with Crippen LogP contribution >= 0.6 is 0 Å². The predicted molar refractivity (Wildman–Crippen MR) is 134 cm³/mol. The van der Waals surface area contributed by atoms with Gasteiger partial charge in [0.15, 0.2) is 0 Å². The van der Waals surface area contributed by atoms with E-state index in [2.05, 4.69) is 49.4 Å². The van der Waals surface area contributed by atoms with Crippen LogP contribution in [0.1, 0.15) is 92.7 Å². The lowest BCUT2D eigenvalue weighted by Gasteiger charge is -2.29. The minimum atomic E-state index is 0.266. The summed E-state index contributed by atoms with van der Waals surface area (Å²) in [6, 6.07) is 15.4. The molecule has 0 atom stereocenters. The molecule has 0 amide bonds. The van der Waals surface area contributed by atoms with Crippen molar-refractivity contribution in [1.29, 1.82) is 0 Å². The predicted octanol–water partition coefficient (Wildman–Crippen LogP) is 6.52. The van der Waals surface area contributed by atoms with Crippen LogP contribution in [0, 0.1) is 6.92 Å². The highest BCUT2D eigenvalue weighted by Gasteiger charge is 2.24. The maximum Gasteiger partial charge on any atom is 0.122 e. The number of aryl methyl sites for hydroxylation is 1. The molecule has 0 aliphatic heterocycles. The molecular formula is C29H42O4. The molecule has 0 heterocycles. The summed E-state index contributed by atoms with van der Waals surface area (Å²) in [6.45, 7) is 4.12. The number of hydrogen-bond acceptors (Lipinski definition) is 4. The fourth-order valence-electron chi connectivity index (χ4n) is 4.84. The zero-order chi connectivity index (χ0) is 23.3. The lowest BCUT2D eigenvalue weighted by molar-refractivity contribution is 0.265. The van der Waals surface area contributed by atoms with E-state index in [4.69, 9.17) is 19.7 Å². The van der Waals surface area contributed by atoms with Crippen molar-refractivity contribution in [2.75, 3.05) is 26.4 Å². The van der Waals surface area contributed by atoms with Gasteiger partial charge in [-0.05, 0) is 118 Å². The molecule has 1 aliphatic carbocycles. The van der Waals surface area contributed by atoms with Crippen LogP contribution in [0.4, 0.5) is 0 Å². The molecule has 0 bridgehead atoms. The Hall–Kier alpha value is -2.04. The highest BCUT2D eigenvalue weighted by atomic mass is 16.5. The Balaban J connectivity index is 1.43. The number of aliphatic hydroxyl groups is 2. The molecule has 1 saturated carbocycles. The van der Waals surface area contributed by atoms with E-state index in [-0.39, 0.29) is 13.2 Å². The molecule has 33 heavy (non-hydrogen) atoms. The Bertz CT molecular complexity index is 794. The fourth-order valence-corrected chi connectivity index (χ4v) is 4.84. The molecule has 0 radical (unpaired) electrons. The van der Waals surface area contributed by atoms with E-state index in [9.17, 15) is 0 Å². The van der Waals surface area contributed by atoms with Crippen LogP contribution in [0.5, 0.6) is 11.5 Å². The van der Waals surface area contributed by atoms with Gasteiger partial charge in [0.1, 0.15) is 11.5 Å². The number of hydrogen-bond donors (Lipinski definition) is 2. The molecule has 182 valence electrons. The molecule has 4 heteroatoms. The maximum atomic E-state index is 8.87. The summed E-state index contributed by atoms with van der Waals surface area (Å²) in [5.41, 5.74) is 4.11. The van der Waals surface area contributed by atoms with Crippen molar-refractivity contribution < 1.29 is 19.7 Å². The summed E-state index contributed by atoms with van der Waals surface area (Å²) in [4.78, 5) is 0. The smallest absolute Gasteiger partial charge is 0.122 e. The summed E-state index contributed by atoms with van der Waals surface area (Å²) in [6.07, 6.45) is 10.6. The van der Waals surface area contributed by atoms with Gasteiger partial charge < -0.3 is 19.7 Å². The molecule has 0 aromatic heterocycles. The summed E-state index contributed by atoms with van der Waals surface area (Å²) in [5.74, 6) is 3.22. The van der Waals surface area contributed by atoms with Gasteiger partial charge in [0.05, 0.1) is 13.2 Å². The molecular weight excluding hydrogens is 412 g/mol. The molecule has 3 rings (SSSR count). The van der Waals surface area contributed by atoms with E-state index in [0.717, 1.165) is 63.2 Å². The number of aliphatic hydroxyl groups excluding tert-OH is 2. The second kappa shape index (κ2) is 14.3. The second-order valence-electron chi connectivity index (χ2n) is 9.41.